The largest absolute Gasteiger partial charge is 0.0776 e. The van der Waals surface area contributed by atoms with Gasteiger partial charge in [-0.2, -0.15) is 0 Å². The van der Waals surface area contributed by atoms with Crippen molar-refractivity contribution in [2.75, 3.05) is 0 Å². The molecule has 1 aromatic carbocycles. The molecule has 0 aliphatic carbocycles. The number of hydrogen-bond donors (Lipinski definition) is 0. The van der Waals surface area contributed by atoms with Crippen LogP contribution in [-0.4, -0.2) is 0 Å². The summed E-state index contributed by atoms with van der Waals surface area (Å²) in [5.41, 5.74) is 2.76. The summed E-state index contributed by atoms with van der Waals surface area (Å²) in [7, 11) is 0. The molecular formula is C11H20. The van der Waals surface area contributed by atoms with E-state index < -0.39 is 0 Å². The van der Waals surface area contributed by atoms with Crippen LogP contribution >= 0.6 is 0 Å². The van der Waals surface area contributed by atoms with E-state index in [1.165, 1.54) is 11.1 Å². The van der Waals surface area contributed by atoms with Crippen LogP contribution in [0.5, 0.6) is 0 Å². The summed E-state index contributed by atoms with van der Waals surface area (Å²) in [5, 5.41) is 0. The highest BCUT2D eigenvalue weighted by Crippen LogP contribution is 2.02. The van der Waals surface area contributed by atoms with E-state index in [2.05, 4.69) is 38.1 Å². The Morgan fingerprint density at radius 1 is 1.00 bits per heavy atom. The van der Waals surface area contributed by atoms with Crippen molar-refractivity contribution in [2.24, 2.45) is 0 Å². The zero-order chi connectivity index (χ0) is 6.69. The fraction of sp³-hybridized carbons (Fsp3) is 0.455. The summed E-state index contributed by atoms with van der Waals surface area (Å²) in [6.45, 7) is 4.28. The van der Waals surface area contributed by atoms with Crippen molar-refractivity contribution in [1.82, 2.24) is 0 Å². The number of rotatable bonds is 1. The molecule has 0 amide bonds. The van der Waals surface area contributed by atoms with Gasteiger partial charge in [-0.05, 0) is 18.9 Å². The molecule has 11 heavy (non-hydrogen) atoms. The number of benzene rings is 1. The van der Waals surface area contributed by atoms with Crippen LogP contribution in [0.25, 0.3) is 0 Å². The van der Waals surface area contributed by atoms with E-state index in [4.69, 9.17) is 0 Å². The molecule has 0 heteroatoms. The molecule has 0 nitrogen and oxygen atoms in total. The van der Waals surface area contributed by atoms with Gasteiger partial charge in [0, 0.05) is 0 Å². The van der Waals surface area contributed by atoms with Gasteiger partial charge in [0.05, 0.1) is 0 Å². The van der Waals surface area contributed by atoms with Gasteiger partial charge in [0.25, 0.3) is 0 Å². The topological polar surface area (TPSA) is 0 Å². The van der Waals surface area contributed by atoms with Gasteiger partial charge in [-0.15, -0.1) is 0 Å². The fourth-order valence-corrected chi connectivity index (χ4v) is 0.824. The molecule has 0 spiro atoms. The maximum atomic E-state index is 2.18. The molecule has 1 rings (SSSR count). The third-order valence-corrected chi connectivity index (χ3v) is 1.53. The molecule has 0 aromatic heterocycles. The van der Waals surface area contributed by atoms with E-state index in [1.54, 1.807) is 0 Å². The van der Waals surface area contributed by atoms with E-state index in [1.807, 2.05) is 0 Å². The molecule has 0 aliphatic heterocycles. The van der Waals surface area contributed by atoms with Crippen molar-refractivity contribution in [3.63, 3.8) is 0 Å². The molecule has 0 saturated carbocycles. The first-order chi connectivity index (χ1) is 4.33. The summed E-state index contributed by atoms with van der Waals surface area (Å²) in [6.07, 6.45) is 1.14. The van der Waals surface area contributed by atoms with Crippen molar-refractivity contribution in [2.45, 2.75) is 35.1 Å². The van der Waals surface area contributed by atoms with Crippen LogP contribution in [0, 0.1) is 6.92 Å². The minimum atomic E-state index is 0. The summed E-state index contributed by atoms with van der Waals surface area (Å²) in [4.78, 5) is 0. The third-order valence-electron chi connectivity index (χ3n) is 1.53. The molecule has 1 aromatic rings. The number of aryl methyl sites for hydroxylation is 2. The second-order valence-corrected chi connectivity index (χ2v) is 2.34. The van der Waals surface area contributed by atoms with Gasteiger partial charge < -0.3 is 0 Å². The Kier molecular flexibility index (Phi) is 6.97. The van der Waals surface area contributed by atoms with Gasteiger partial charge in [-0.25, -0.2) is 0 Å². The summed E-state index contributed by atoms with van der Waals surface area (Å²) >= 11 is 0. The Morgan fingerprint density at radius 3 is 1.82 bits per heavy atom. The zero-order valence-corrected chi connectivity index (χ0v) is 6.02. The van der Waals surface area contributed by atoms with Gasteiger partial charge in [0.2, 0.25) is 0 Å². The average Bonchev–Trinajstić information content (AvgIpc) is 1.90. The van der Waals surface area contributed by atoms with Crippen LogP contribution in [0.15, 0.2) is 24.3 Å². The Balaban J connectivity index is 0. The second-order valence-electron chi connectivity index (χ2n) is 2.34. The van der Waals surface area contributed by atoms with Crippen LogP contribution in [-0.2, 0) is 6.42 Å². The van der Waals surface area contributed by atoms with E-state index in [9.17, 15) is 0 Å². The molecular weight excluding hydrogens is 132 g/mol. The highest BCUT2D eigenvalue weighted by molar-refractivity contribution is 5.20. The van der Waals surface area contributed by atoms with Crippen molar-refractivity contribution in [1.29, 1.82) is 0 Å². The van der Waals surface area contributed by atoms with E-state index in [0.29, 0.717) is 0 Å². The maximum absolute atomic E-state index is 2.18. The number of hydrogen-bond acceptors (Lipinski definition) is 0. The van der Waals surface area contributed by atoms with Crippen LogP contribution in [0.4, 0.5) is 0 Å². The van der Waals surface area contributed by atoms with Crippen molar-refractivity contribution in [3.8, 4) is 0 Å². The lowest BCUT2D eigenvalue weighted by molar-refractivity contribution is 1.14. The molecule has 0 N–H and O–H groups in total. The monoisotopic (exact) mass is 152 g/mol. The predicted molar refractivity (Wildman–Crippen MR) is 54.0 cm³/mol. The van der Waals surface area contributed by atoms with Crippen molar-refractivity contribution < 1.29 is 0 Å². The summed E-state index contributed by atoms with van der Waals surface area (Å²) in [5.74, 6) is 0. The second kappa shape index (κ2) is 5.96. The standard InChI is InChI=1S/C9H12.2CH4/c1-3-9-6-4-8(2)5-7-9;;/h4-7H,3H2,1-2H3;2*1H4. The Bertz CT molecular complexity index is 172. The molecule has 0 heterocycles. The summed E-state index contributed by atoms with van der Waals surface area (Å²) < 4.78 is 0. The highest BCUT2D eigenvalue weighted by Gasteiger charge is 1.84. The van der Waals surface area contributed by atoms with Gasteiger partial charge in [0.15, 0.2) is 0 Å². The SMILES string of the molecule is C.C.CCc1ccc(C)cc1. The van der Waals surface area contributed by atoms with Gasteiger partial charge >= 0.3 is 0 Å². The average molecular weight is 152 g/mol. The highest BCUT2D eigenvalue weighted by atomic mass is 13.9. The van der Waals surface area contributed by atoms with Crippen LogP contribution in [0.1, 0.15) is 32.9 Å². The lowest BCUT2D eigenvalue weighted by Gasteiger charge is -1.94. The minimum Gasteiger partial charge on any atom is -0.0776 e. The van der Waals surface area contributed by atoms with Crippen molar-refractivity contribution >= 4 is 0 Å². The Labute approximate surface area is 71.3 Å². The first-order valence-electron chi connectivity index (χ1n) is 3.38. The van der Waals surface area contributed by atoms with E-state index in [0.717, 1.165) is 6.42 Å². The Morgan fingerprint density at radius 2 is 1.45 bits per heavy atom. The lowest BCUT2D eigenvalue weighted by Crippen LogP contribution is -1.77. The normalized spacial score (nSPS) is 7.82. The quantitative estimate of drug-likeness (QED) is 0.573. The van der Waals surface area contributed by atoms with E-state index >= 15 is 0 Å². The maximum Gasteiger partial charge on any atom is -0.0307 e. The first kappa shape index (κ1) is 12.9. The molecule has 0 unspecified atom stereocenters. The molecule has 64 valence electrons. The third kappa shape index (κ3) is 3.82. The van der Waals surface area contributed by atoms with Gasteiger partial charge in [0.1, 0.15) is 0 Å². The van der Waals surface area contributed by atoms with Crippen LogP contribution < -0.4 is 0 Å². The predicted octanol–water partition coefficient (Wildman–Crippen LogP) is 3.83. The lowest BCUT2D eigenvalue weighted by atomic mass is 10.1. The van der Waals surface area contributed by atoms with Crippen LogP contribution in [0.2, 0.25) is 0 Å². The molecule has 0 radical (unpaired) electrons. The molecule has 0 bridgehead atoms. The smallest absolute Gasteiger partial charge is 0.0307 e. The van der Waals surface area contributed by atoms with Crippen molar-refractivity contribution in [3.05, 3.63) is 35.4 Å². The van der Waals surface area contributed by atoms with Gasteiger partial charge in [-0.1, -0.05) is 51.6 Å². The van der Waals surface area contributed by atoms with Gasteiger partial charge in [-0.3, -0.25) is 0 Å². The minimum absolute atomic E-state index is 0. The zero-order valence-electron chi connectivity index (χ0n) is 6.02. The first-order valence-corrected chi connectivity index (χ1v) is 3.38. The molecule has 0 saturated heterocycles. The molecule has 0 fully saturated rings. The fourth-order valence-electron chi connectivity index (χ4n) is 0.824. The Hall–Kier alpha value is -0.780. The summed E-state index contributed by atoms with van der Waals surface area (Å²) in [6, 6.07) is 8.66. The molecule has 0 atom stereocenters. The van der Waals surface area contributed by atoms with E-state index in [-0.39, 0.29) is 14.9 Å². The molecule has 0 aliphatic rings. The van der Waals surface area contributed by atoms with Crippen LogP contribution in [0.3, 0.4) is 0 Å².